The zero-order valence-electron chi connectivity index (χ0n) is 12.1. The quantitative estimate of drug-likeness (QED) is 0.893. The van der Waals surface area contributed by atoms with Crippen LogP contribution in [0.4, 0.5) is 4.79 Å². The number of hydrogen-bond donors (Lipinski definition) is 2. The van der Waals surface area contributed by atoms with Crippen molar-refractivity contribution in [3.05, 3.63) is 21.3 Å². The standard InChI is InChI=1S/C15H22ClN3OS/c16-14-5-4-11(21-14)6-8-17-15(20)18-12-7-10-19-9-2-1-3-13(12)19/h4-5,12-13H,1-3,6-10H2,(H2,17,18,20)/t12-,13+/m0/s1. The molecule has 2 N–H and O–H groups in total. The van der Waals surface area contributed by atoms with Crippen LogP contribution in [0.1, 0.15) is 30.6 Å². The van der Waals surface area contributed by atoms with Crippen LogP contribution in [0.2, 0.25) is 4.34 Å². The van der Waals surface area contributed by atoms with Crippen LogP contribution in [0, 0.1) is 0 Å². The van der Waals surface area contributed by atoms with Crippen LogP contribution in [0.25, 0.3) is 0 Å². The summed E-state index contributed by atoms with van der Waals surface area (Å²) in [4.78, 5) is 15.7. The number of fused-ring (bicyclic) bond motifs is 1. The molecule has 6 heteroatoms. The summed E-state index contributed by atoms with van der Waals surface area (Å²) in [6.45, 7) is 2.98. The van der Waals surface area contributed by atoms with Crippen molar-refractivity contribution in [2.45, 2.75) is 44.2 Å². The van der Waals surface area contributed by atoms with Crippen molar-refractivity contribution in [1.29, 1.82) is 0 Å². The van der Waals surface area contributed by atoms with Crippen molar-refractivity contribution in [1.82, 2.24) is 15.5 Å². The second-order valence-electron chi connectivity index (χ2n) is 5.85. The monoisotopic (exact) mass is 327 g/mol. The van der Waals surface area contributed by atoms with E-state index in [0.29, 0.717) is 18.6 Å². The molecule has 21 heavy (non-hydrogen) atoms. The Morgan fingerprint density at radius 3 is 3.05 bits per heavy atom. The van der Waals surface area contributed by atoms with Crippen LogP contribution in [0.3, 0.4) is 0 Å². The molecule has 2 aliphatic rings. The Morgan fingerprint density at radius 1 is 1.33 bits per heavy atom. The minimum absolute atomic E-state index is 0.0323. The molecule has 2 aliphatic heterocycles. The third-order valence-electron chi connectivity index (χ3n) is 4.46. The number of nitrogens with one attached hydrogen (secondary N) is 2. The molecule has 1 aromatic heterocycles. The lowest BCUT2D eigenvalue weighted by molar-refractivity contribution is 0.179. The van der Waals surface area contributed by atoms with E-state index >= 15 is 0 Å². The summed E-state index contributed by atoms with van der Waals surface area (Å²) in [5.41, 5.74) is 0. The Morgan fingerprint density at radius 2 is 2.24 bits per heavy atom. The van der Waals surface area contributed by atoms with Crippen LogP contribution in [0.15, 0.2) is 12.1 Å². The number of hydrogen-bond acceptors (Lipinski definition) is 3. The first-order valence-electron chi connectivity index (χ1n) is 7.75. The number of thiophene rings is 1. The van der Waals surface area contributed by atoms with Gasteiger partial charge in [0.15, 0.2) is 0 Å². The maximum Gasteiger partial charge on any atom is 0.315 e. The third-order valence-corrected chi connectivity index (χ3v) is 5.75. The van der Waals surface area contributed by atoms with Crippen molar-refractivity contribution < 1.29 is 4.79 Å². The zero-order valence-corrected chi connectivity index (χ0v) is 13.7. The van der Waals surface area contributed by atoms with E-state index in [-0.39, 0.29) is 6.03 Å². The van der Waals surface area contributed by atoms with Crippen LogP contribution in [0.5, 0.6) is 0 Å². The highest BCUT2D eigenvalue weighted by Crippen LogP contribution is 2.27. The number of amides is 2. The van der Waals surface area contributed by atoms with Crippen LogP contribution in [-0.4, -0.2) is 42.6 Å². The number of nitrogens with zero attached hydrogens (tertiary/aromatic N) is 1. The summed E-state index contributed by atoms with van der Waals surface area (Å²) in [7, 11) is 0. The lowest BCUT2D eigenvalue weighted by Crippen LogP contribution is -2.49. The fourth-order valence-electron chi connectivity index (χ4n) is 3.42. The van der Waals surface area contributed by atoms with Gasteiger partial charge in [-0.2, -0.15) is 0 Å². The van der Waals surface area contributed by atoms with Gasteiger partial charge in [0.1, 0.15) is 0 Å². The number of carbonyl (C=O) groups excluding carboxylic acids is 1. The Labute approximate surface area is 134 Å². The minimum Gasteiger partial charge on any atom is -0.338 e. The molecule has 2 atom stereocenters. The topological polar surface area (TPSA) is 44.4 Å². The molecule has 2 fully saturated rings. The molecule has 0 bridgehead atoms. The average Bonchev–Trinajstić information content (AvgIpc) is 3.06. The van der Waals surface area contributed by atoms with E-state index in [4.69, 9.17) is 11.6 Å². The van der Waals surface area contributed by atoms with Gasteiger partial charge in [0.25, 0.3) is 0 Å². The number of halogens is 1. The van der Waals surface area contributed by atoms with Gasteiger partial charge in [-0.3, -0.25) is 4.90 Å². The number of rotatable bonds is 4. The number of carbonyl (C=O) groups is 1. The van der Waals surface area contributed by atoms with Crippen molar-refractivity contribution in [2.75, 3.05) is 19.6 Å². The molecule has 0 spiro atoms. The smallest absolute Gasteiger partial charge is 0.315 e. The highest BCUT2D eigenvalue weighted by molar-refractivity contribution is 7.16. The van der Waals surface area contributed by atoms with Gasteiger partial charge in [-0.15, -0.1) is 11.3 Å². The summed E-state index contributed by atoms with van der Waals surface area (Å²) in [5, 5.41) is 6.11. The molecule has 2 amide bonds. The zero-order chi connectivity index (χ0) is 14.7. The Bertz CT molecular complexity index is 493. The molecule has 0 radical (unpaired) electrons. The molecular weight excluding hydrogens is 306 g/mol. The molecule has 0 saturated carbocycles. The second-order valence-corrected chi connectivity index (χ2v) is 7.65. The predicted octanol–water partition coefficient (Wildman–Crippen LogP) is 2.87. The van der Waals surface area contributed by atoms with E-state index in [1.165, 1.54) is 30.7 Å². The predicted molar refractivity (Wildman–Crippen MR) is 87.2 cm³/mol. The summed E-state index contributed by atoms with van der Waals surface area (Å²) in [6.07, 6.45) is 5.74. The Kier molecular flexibility index (Phi) is 5.03. The average molecular weight is 328 g/mol. The molecule has 0 aromatic carbocycles. The SMILES string of the molecule is O=C(NCCc1ccc(Cl)s1)N[C@H]1CCN2CCCC[C@H]12. The van der Waals surface area contributed by atoms with E-state index in [1.807, 2.05) is 12.1 Å². The normalized spacial score (nSPS) is 25.6. The van der Waals surface area contributed by atoms with Crippen molar-refractivity contribution in [2.24, 2.45) is 0 Å². The molecule has 1 aromatic rings. The minimum atomic E-state index is -0.0323. The van der Waals surface area contributed by atoms with E-state index in [2.05, 4.69) is 15.5 Å². The van der Waals surface area contributed by atoms with Gasteiger partial charge in [-0.05, 0) is 44.4 Å². The molecule has 3 heterocycles. The first kappa shape index (κ1) is 15.1. The van der Waals surface area contributed by atoms with Crippen molar-refractivity contribution >= 4 is 29.0 Å². The lowest BCUT2D eigenvalue weighted by Gasteiger charge is -2.32. The molecule has 4 nitrogen and oxygen atoms in total. The summed E-state index contributed by atoms with van der Waals surface area (Å²) >= 11 is 7.47. The summed E-state index contributed by atoms with van der Waals surface area (Å²) in [6, 6.07) is 4.76. The van der Waals surface area contributed by atoms with Crippen LogP contribution >= 0.6 is 22.9 Å². The largest absolute Gasteiger partial charge is 0.338 e. The van der Waals surface area contributed by atoms with Gasteiger partial charge < -0.3 is 10.6 Å². The van der Waals surface area contributed by atoms with E-state index in [9.17, 15) is 4.79 Å². The fourth-order valence-corrected chi connectivity index (χ4v) is 4.51. The molecule has 3 rings (SSSR count). The van der Waals surface area contributed by atoms with Gasteiger partial charge in [0, 0.05) is 30.1 Å². The number of piperidine rings is 1. The maximum absolute atomic E-state index is 12.0. The lowest BCUT2D eigenvalue weighted by atomic mass is 9.99. The van der Waals surface area contributed by atoms with Crippen molar-refractivity contribution in [3.8, 4) is 0 Å². The van der Waals surface area contributed by atoms with Gasteiger partial charge in [0.2, 0.25) is 0 Å². The van der Waals surface area contributed by atoms with E-state index in [0.717, 1.165) is 23.7 Å². The summed E-state index contributed by atoms with van der Waals surface area (Å²) < 4.78 is 0.804. The molecular formula is C15H22ClN3OS. The highest BCUT2D eigenvalue weighted by Gasteiger charge is 2.36. The van der Waals surface area contributed by atoms with Gasteiger partial charge >= 0.3 is 6.03 Å². The van der Waals surface area contributed by atoms with Gasteiger partial charge in [-0.25, -0.2) is 4.79 Å². The summed E-state index contributed by atoms with van der Waals surface area (Å²) in [5.74, 6) is 0. The first-order valence-corrected chi connectivity index (χ1v) is 8.94. The Balaban J connectivity index is 1.40. The van der Waals surface area contributed by atoms with E-state index in [1.54, 1.807) is 11.3 Å². The maximum atomic E-state index is 12.0. The molecule has 0 aliphatic carbocycles. The van der Waals surface area contributed by atoms with Crippen LogP contribution in [-0.2, 0) is 6.42 Å². The molecule has 0 unspecified atom stereocenters. The highest BCUT2D eigenvalue weighted by atomic mass is 35.5. The van der Waals surface area contributed by atoms with Crippen molar-refractivity contribution in [3.63, 3.8) is 0 Å². The van der Waals surface area contributed by atoms with E-state index < -0.39 is 0 Å². The van der Waals surface area contributed by atoms with Gasteiger partial charge in [-0.1, -0.05) is 18.0 Å². The van der Waals surface area contributed by atoms with Gasteiger partial charge in [0.05, 0.1) is 4.34 Å². The number of urea groups is 1. The third kappa shape index (κ3) is 3.90. The molecule has 116 valence electrons. The first-order chi connectivity index (χ1) is 10.2. The Hall–Kier alpha value is -0.780. The second kappa shape index (κ2) is 6.99. The fraction of sp³-hybridized carbons (Fsp3) is 0.667. The van der Waals surface area contributed by atoms with Crippen LogP contribution < -0.4 is 10.6 Å². The molecule has 2 saturated heterocycles.